The van der Waals surface area contributed by atoms with Gasteiger partial charge in [-0.1, -0.05) is 49.1 Å². The molecule has 0 radical (unpaired) electrons. The Morgan fingerprint density at radius 3 is 2.00 bits per heavy atom. The van der Waals surface area contributed by atoms with Crippen molar-refractivity contribution in [1.82, 2.24) is 5.32 Å². The van der Waals surface area contributed by atoms with Crippen molar-refractivity contribution < 1.29 is 5.11 Å². The van der Waals surface area contributed by atoms with Crippen LogP contribution >= 0.6 is 0 Å². The average molecular weight is 221 g/mol. The highest BCUT2D eigenvalue weighted by Gasteiger charge is 2.36. The third-order valence-electron chi connectivity index (χ3n) is 3.12. The monoisotopic (exact) mass is 221 g/mol. The van der Waals surface area contributed by atoms with Crippen molar-refractivity contribution in [2.45, 2.75) is 25.2 Å². The number of hydrogen-bond acceptors (Lipinski definition) is 2. The Labute approximate surface area is 92.3 Å². The van der Waals surface area contributed by atoms with Gasteiger partial charge in [-0.2, -0.15) is 0 Å². The van der Waals surface area contributed by atoms with Crippen LogP contribution in [-0.4, -0.2) is 26.3 Å². The summed E-state index contributed by atoms with van der Waals surface area (Å²) in [7, 11) is -1.20. The second-order valence-electron chi connectivity index (χ2n) is 5.46. The van der Waals surface area contributed by atoms with Crippen molar-refractivity contribution in [3.8, 4) is 0 Å². The number of nitrogens with one attached hydrogen (secondary N) is 1. The summed E-state index contributed by atoms with van der Waals surface area (Å²) in [6, 6.07) is 8.51. The van der Waals surface area contributed by atoms with Crippen molar-refractivity contribution in [1.29, 1.82) is 0 Å². The third-order valence-corrected chi connectivity index (χ3v) is 5.19. The van der Waals surface area contributed by atoms with Crippen LogP contribution in [-0.2, 0) is 5.60 Å². The van der Waals surface area contributed by atoms with Gasteiger partial charge >= 0.3 is 0 Å². The summed E-state index contributed by atoms with van der Waals surface area (Å²) in [5.74, 6) is 0. The quantitative estimate of drug-likeness (QED) is 0.731. The Morgan fingerprint density at radius 1 is 1.13 bits per heavy atom. The zero-order valence-corrected chi connectivity index (χ0v) is 10.7. The maximum Gasteiger partial charge on any atom is 0.114 e. The minimum atomic E-state index is -1.20. The van der Waals surface area contributed by atoms with E-state index in [4.69, 9.17) is 0 Å². The molecule has 0 unspecified atom stereocenters. The Balaban J connectivity index is 2.24. The van der Waals surface area contributed by atoms with Crippen LogP contribution in [0.2, 0.25) is 19.6 Å². The molecule has 1 aliphatic heterocycles. The Kier molecular flexibility index (Phi) is 2.49. The summed E-state index contributed by atoms with van der Waals surface area (Å²) in [5.41, 5.74) is 0.432. The summed E-state index contributed by atoms with van der Waals surface area (Å²) in [6.45, 7) is 8.36. The Bertz CT molecular complexity index is 349. The first-order valence-corrected chi connectivity index (χ1v) is 8.96. The van der Waals surface area contributed by atoms with E-state index in [0.717, 1.165) is 5.56 Å². The van der Waals surface area contributed by atoms with Gasteiger partial charge in [0, 0.05) is 13.1 Å². The van der Waals surface area contributed by atoms with Crippen LogP contribution in [0, 0.1) is 0 Å². The molecule has 0 aliphatic carbocycles. The van der Waals surface area contributed by atoms with Gasteiger partial charge in [0.25, 0.3) is 0 Å². The van der Waals surface area contributed by atoms with E-state index in [9.17, 15) is 5.11 Å². The number of aliphatic hydroxyl groups is 1. The van der Waals surface area contributed by atoms with Gasteiger partial charge in [0.05, 0.1) is 8.07 Å². The third kappa shape index (κ3) is 2.00. The van der Waals surface area contributed by atoms with Gasteiger partial charge in [0.2, 0.25) is 0 Å². The molecule has 15 heavy (non-hydrogen) atoms. The first-order valence-electron chi connectivity index (χ1n) is 5.46. The molecule has 1 aromatic rings. The highest BCUT2D eigenvalue weighted by molar-refractivity contribution is 6.88. The van der Waals surface area contributed by atoms with E-state index in [1.807, 2.05) is 0 Å². The van der Waals surface area contributed by atoms with Crippen molar-refractivity contribution in [3.63, 3.8) is 0 Å². The van der Waals surface area contributed by atoms with Gasteiger partial charge in [-0.15, -0.1) is 0 Å². The molecular weight excluding hydrogens is 202 g/mol. The maximum absolute atomic E-state index is 10.1. The zero-order valence-electron chi connectivity index (χ0n) is 9.67. The van der Waals surface area contributed by atoms with Crippen molar-refractivity contribution >= 4 is 13.3 Å². The minimum Gasteiger partial charge on any atom is -0.382 e. The highest BCUT2D eigenvalue weighted by Crippen LogP contribution is 2.24. The van der Waals surface area contributed by atoms with Crippen LogP contribution in [0.1, 0.15) is 5.56 Å². The first kappa shape index (κ1) is 10.9. The number of hydrogen-bond donors (Lipinski definition) is 2. The average Bonchev–Trinajstić information content (AvgIpc) is 2.13. The number of benzene rings is 1. The molecule has 0 bridgehead atoms. The van der Waals surface area contributed by atoms with Gasteiger partial charge in [0.15, 0.2) is 0 Å². The largest absolute Gasteiger partial charge is 0.382 e. The van der Waals surface area contributed by atoms with Gasteiger partial charge < -0.3 is 10.4 Å². The fraction of sp³-hybridized carbons (Fsp3) is 0.500. The van der Waals surface area contributed by atoms with Gasteiger partial charge in [0.1, 0.15) is 5.60 Å². The van der Waals surface area contributed by atoms with E-state index in [-0.39, 0.29) is 0 Å². The maximum atomic E-state index is 10.1. The van der Waals surface area contributed by atoms with Crippen LogP contribution in [0.3, 0.4) is 0 Å². The predicted molar refractivity (Wildman–Crippen MR) is 66.2 cm³/mol. The second kappa shape index (κ2) is 3.44. The molecule has 0 saturated carbocycles. The van der Waals surface area contributed by atoms with E-state index in [0.29, 0.717) is 13.1 Å². The molecule has 1 saturated heterocycles. The molecule has 1 aromatic carbocycles. The molecule has 82 valence electrons. The normalized spacial score (nSPS) is 19.7. The predicted octanol–water partition coefficient (Wildman–Crippen LogP) is 1.02. The van der Waals surface area contributed by atoms with Gasteiger partial charge in [-0.25, -0.2) is 0 Å². The van der Waals surface area contributed by atoms with Crippen LogP contribution in [0.15, 0.2) is 24.3 Å². The highest BCUT2D eigenvalue weighted by atomic mass is 28.3. The molecular formula is C12H19NOSi. The molecule has 0 amide bonds. The van der Waals surface area contributed by atoms with E-state index in [1.54, 1.807) is 0 Å². The SMILES string of the molecule is C[Si](C)(C)c1ccc(C2(O)CNC2)cc1. The molecule has 3 heteroatoms. The molecule has 2 N–H and O–H groups in total. The lowest BCUT2D eigenvalue weighted by Gasteiger charge is -2.38. The van der Waals surface area contributed by atoms with Crippen LogP contribution in [0.25, 0.3) is 0 Å². The van der Waals surface area contributed by atoms with Gasteiger partial charge in [-0.3, -0.25) is 0 Å². The Morgan fingerprint density at radius 2 is 1.67 bits per heavy atom. The second-order valence-corrected chi connectivity index (χ2v) is 10.5. The fourth-order valence-electron chi connectivity index (χ4n) is 1.85. The van der Waals surface area contributed by atoms with E-state index >= 15 is 0 Å². The molecule has 0 atom stereocenters. The van der Waals surface area contributed by atoms with Crippen molar-refractivity contribution in [2.75, 3.05) is 13.1 Å². The summed E-state index contributed by atoms with van der Waals surface area (Å²) in [6.07, 6.45) is 0. The number of rotatable bonds is 2. The minimum absolute atomic E-state index is 0.613. The lowest BCUT2D eigenvalue weighted by molar-refractivity contribution is -0.0146. The summed E-state index contributed by atoms with van der Waals surface area (Å²) >= 11 is 0. The summed E-state index contributed by atoms with van der Waals surface area (Å²) in [5, 5.41) is 14.7. The topological polar surface area (TPSA) is 32.3 Å². The van der Waals surface area contributed by atoms with Crippen molar-refractivity contribution in [3.05, 3.63) is 29.8 Å². The molecule has 0 spiro atoms. The van der Waals surface area contributed by atoms with E-state index < -0.39 is 13.7 Å². The van der Waals surface area contributed by atoms with Crippen LogP contribution in [0.5, 0.6) is 0 Å². The summed E-state index contributed by atoms with van der Waals surface area (Å²) < 4.78 is 0. The molecule has 2 rings (SSSR count). The number of β-amino-alcohol motifs (C(OH)–C–C–N with tert-alkyl or cyclic N) is 1. The van der Waals surface area contributed by atoms with E-state index in [2.05, 4.69) is 49.2 Å². The van der Waals surface area contributed by atoms with Gasteiger partial charge in [-0.05, 0) is 5.56 Å². The Hall–Kier alpha value is -0.643. The molecule has 0 aromatic heterocycles. The standard InChI is InChI=1S/C12H19NOSi/c1-15(2,3)11-6-4-10(5-7-11)12(14)8-13-9-12/h4-7,13-14H,8-9H2,1-3H3. The summed E-state index contributed by atoms with van der Waals surface area (Å²) in [4.78, 5) is 0. The molecule has 1 aliphatic rings. The van der Waals surface area contributed by atoms with Crippen LogP contribution in [0.4, 0.5) is 0 Å². The molecule has 1 fully saturated rings. The van der Waals surface area contributed by atoms with Crippen LogP contribution < -0.4 is 10.5 Å². The lowest BCUT2D eigenvalue weighted by atomic mass is 9.88. The smallest absolute Gasteiger partial charge is 0.114 e. The van der Waals surface area contributed by atoms with Crippen molar-refractivity contribution in [2.24, 2.45) is 0 Å². The zero-order chi connectivity index (χ0) is 11.1. The first-order chi connectivity index (χ1) is 6.92. The molecule has 2 nitrogen and oxygen atoms in total. The molecule has 1 heterocycles. The van der Waals surface area contributed by atoms with E-state index in [1.165, 1.54) is 5.19 Å². The fourth-order valence-corrected chi connectivity index (χ4v) is 3.01. The lowest BCUT2D eigenvalue weighted by Crippen LogP contribution is -2.56.